The summed E-state index contributed by atoms with van der Waals surface area (Å²) in [6.45, 7) is 0. The van der Waals surface area contributed by atoms with Crippen molar-refractivity contribution < 1.29 is 4.42 Å². The van der Waals surface area contributed by atoms with Crippen LogP contribution in [0.15, 0.2) is 52.7 Å². The average Bonchev–Trinajstić information content (AvgIpc) is 2.84. The highest BCUT2D eigenvalue weighted by atomic mass is 32.1. The van der Waals surface area contributed by atoms with E-state index in [1.54, 1.807) is 17.6 Å². The summed E-state index contributed by atoms with van der Waals surface area (Å²) in [6.07, 6.45) is 5.46. The zero-order chi connectivity index (χ0) is 8.93. The van der Waals surface area contributed by atoms with Gasteiger partial charge in [0.05, 0.1) is 11.0 Å². The molecule has 0 aliphatic rings. The number of H-pyrrole nitrogens is 1. The van der Waals surface area contributed by atoms with E-state index in [0.29, 0.717) is 0 Å². The number of hydrogen-bond donors (Lipinski definition) is 1. The summed E-state index contributed by atoms with van der Waals surface area (Å²) >= 11 is 1.70. The molecule has 0 fully saturated rings. The van der Waals surface area contributed by atoms with Crippen LogP contribution in [0, 0.1) is 0 Å². The second-order valence-electron chi connectivity index (χ2n) is 2.45. The largest absolute Gasteiger partial charge is 0.463 e. The van der Waals surface area contributed by atoms with Crippen LogP contribution in [0.1, 0.15) is 0 Å². The minimum Gasteiger partial charge on any atom is -0.463 e. The first-order valence-electron chi connectivity index (χ1n) is 3.95. The van der Waals surface area contributed by atoms with Crippen molar-refractivity contribution in [2.75, 3.05) is 0 Å². The Balaban J connectivity index is 0.000000113. The summed E-state index contributed by atoms with van der Waals surface area (Å²) in [5.41, 5.74) is 0.995. The van der Waals surface area contributed by atoms with Crippen molar-refractivity contribution in [1.82, 2.24) is 4.98 Å². The Kier molecular flexibility index (Phi) is 2.48. The molecule has 3 heteroatoms. The molecular formula is C10H9NOS. The Morgan fingerprint density at radius 2 is 2.00 bits per heavy atom. The van der Waals surface area contributed by atoms with Gasteiger partial charge in [-0.3, -0.25) is 0 Å². The smallest absolute Gasteiger partial charge is 0.144 e. The summed E-state index contributed by atoms with van der Waals surface area (Å²) in [5.74, 6) is 0. The minimum absolute atomic E-state index is 0.995. The molecule has 0 atom stereocenters. The molecule has 3 aromatic rings. The van der Waals surface area contributed by atoms with Gasteiger partial charge >= 0.3 is 0 Å². The lowest BCUT2D eigenvalue weighted by Crippen LogP contribution is -1.38. The first-order chi connectivity index (χ1) is 6.47. The quantitative estimate of drug-likeness (QED) is 0.578. The van der Waals surface area contributed by atoms with Crippen LogP contribution in [0.25, 0.3) is 10.3 Å². The highest BCUT2D eigenvalue weighted by Crippen LogP contribution is 2.20. The molecule has 2 nitrogen and oxygen atoms in total. The lowest BCUT2D eigenvalue weighted by atomic mass is 10.5. The Hall–Kier alpha value is -1.48. The molecule has 0 unspecified atom stereocenters. The molecule has 3 heterocycles. The lowest BCUT2D eigenvalue weighted by molar-refractivity contribution is 0.616. The van der Waals surface area contributed by atoms with Gasteiger partial charge in [0.15, 0.2) is 0 Å². The van der Waals surface area contributed by atoms with Crippen molar-refractivity contribution in [3.63, 3.8) is 0 Å². The normalized spacial score (nSPS) is 9.54. The first kappa shape index (κ1) is 8.13. The van der Waals surface area contributed by atoms with Gasteiger partial charge < -0.3 is 9.40 Å². The maximum Gasteiger partial charge on any atom is 0.144 e. The number of aromatic amines is 1. The molecule has 0 aromatic carbocycles. The van der Waals surface area contributed by atoms with Gasteiger partial charge in [-0.05, 0) is 29.6 Å². The molecule has 0 radical (unpaired) electrons. The van der Waals surface area contributed by atoms with Gasteiger partial charge in [0.1, 0.15) is 5.58 Å². The van der Waals surface area contributed by atoms with Crippen LogP contribution in [0.4, 0.5) is 0 Å². The topological polar surface area (TPSA) is 28.9 Å². The fourth-order valence-electron chi connectivity index (χ4n) is 0.975. The van der Waals surface area contributed by atoms with E-state index < -0.39 is 0 Å². The van der Waals surface area contributed by atoms with Gasteiger partial charge in [0, 0.05) is 12.4 Å². The second-order valence-corrected chi connectivity index (χ2v) is 3.40. The van der Waals surface area contributed by atoms with Gasteiger partial charge in [0.2, 0.25) is 0 Å². The second kappa shape index (κ2) is 3.96. The van der Waals surface area contributed by atoms with Crippen molar-refractivity contribution in [2.24, 2.45) is 0 Å². The highest BCUT2D eigenvalue weighted by molar-refractivity contribution is 7.17. The van der Waals surface area contributed by atoms with E-state index in [-0.39, 0.29) is 0 Å². The third-order valence-corrected chi connectivity index (χ3v) is 2.43. The molecular weight excluding hydrogens is 182 g/mol. The Morgan fingerprint density at radius 1 is 1.15 bits per heavy atom. The number of aromatic nitrogens is 1. The third-order valence-electron chi connectivity index (χ3n) is 1.57. The summed E-state index contributed by atoms with van der Waals surface area (Å²) in [4.78, 5) is 2.86. The van der Waals surface area contributed by atoms with Crippen LogP contribution in [-0.4, -0.2) is 4.98 Å². The number of furan rings is 1. The minimum atomic E-state index is 0.995. The lowest BCUT2D eigenvalue weighted by Gasteiger charge is -1.65. The van der Waals surface area contributed by atoms with E-state index in [1.807, 2.05) is 42.0 Å². The van der Waals surface area contributed by atoms with Crippen LogP contribution in [0.2, 0.25) is 0 Å². The van der Waals surface area contributed by atoms with E-state index in [1.165, 1.54) is 4.70 Å². The number of hydrogen-bond acceptors (Lipinski definition) is 2. The van der Waals surface area contributed by atoms with Crippen molar-refractivity contribution in [3.8, 4) is 0 Å². The van der Waals surface area contributed by atoms with Crippen LogP contribution < -0.4 is 0 Å². The maximum atomic E-state index is 5.07. The fourth-order valence-corrected chi connectivity index (χ4v) is 1.68. The molecule has 0 amide bonds. The van der Waals surface area contributed by atoms with Crippen molar-refractivity contribution in [3.05, 3.63) is 48.3 Å². The van der Waals surface area contributed by atoms with E-state index in [9.17, 15) is 0 Å². The summed E-state index contributed by atoms with van der Waals surface area (Å²) in [6, 6.07) is 7.83. The zero-order valence-electron chi connectivity index (χ0n) is 6.94. The van der Waals surface area contributed by atoms with Crippen LogP contribution in [0.3, 0.4) is 0 Å². The maximum absolute atomic E-state index is 5.07. The van der Waals surface area contributed by atoms with Gasteiger partial charge in [-0.1, -0.05) is 0 Å². The molecule has 0 saturated carbocycles. The van der Waals surface area contributed by atoms with E-state index >= 15 is 0 Å². The first-order valence-corrected chi connectivity index (χ1v) is 4.83. The highest BCUT2D eigenvalue weighted by Gasteiger charge is 1.92. The standard InChI is InChI=1S/C6H4OS.C4H5N/c1-3-7-5-2-4-8-6(1)5;1-2-4-5-3-1/h1-4H;1-5H. The molecule has 0 bridgehead atoms. The van der Waals surface area contributed by atoms with Crippen molar-refractivity contribution in [1.29, 1.82) is 0 Å². The predicted octanol–water partition coefficient (Wildman–Crippen LogP) is 3.51. The summed E-state index contributed by atoms with van der Waals surface area (Å²) < 4.78 is 6.30. The molecule has 0 saturated heterocycles. The molecule has 13 heavy (non-hydrogen) atoms. The molecule has 1 N–H and O–H groups in total. The van der Waals surface area contributed by atoms with Crippen LogP contribution >= 0.6 is 11.3 Å². The van der Waals surface area contributed by atoms with Gasteiger partial charge in [-0.2, -0.15) is 0 Å². The number of nitrogens with one attached hydrogen (secondary N) is 1. The van der Waals surface area contributed by atoms with E-state index in [2.05, 4.69) is 4.98 Å². The third kappa shape index (κ3) is 2.00. The molecule has 0 spiro atoms. The predicted molar refractivity (Wildman–Crippen MR) is 54.9 cm³/mol. The van der Waals surface area contributed by atoms with Gasteiger partial charge in [-0.25, -0.2) is 0 Å². The van der Waals surface area contributed by atoms with Crippen molar-refractivity contribution >= 4 is 21.6 Å². The Labute approximate surface area is 79.8 Å². The van der Waals surface area contributed by atoms with Crippen LogP contribution in [0.5, 0.6) is 0 Å². The number of thiophene rings is 1. The SMILES string of the molecule is c1cc2sccc2o1.c1cc[nH]c1. The number of rotatable bonds is 0. The Morgan fingerprint density at radius 3 is 2.62 bits per heavy atom. The fraction of sp³-hybridized carbons (Fsp3) is 0. The molecule has 3 aromatic heterocycles. The molecule has 0 aliphatic heterocycles. The van der Waals surface area contributed by atoms with E-state index in [0.717, 1.165) is 5.58 Å². The molecule has 0 aliphatic carbocycles. The number of fused-ring (bicyclic) bond motifs is 1. The molecule has 3 rings (SSSR count). The monoisotopic (exact) mass is 191 g/mol. The Bertz CT molecular complexity index is 370. The summed E-state index contributed by atoms with van der Waals surface area (Å²) in [5, 5.41) is 2.02. The van der Waals surface area contributed by atoms with Crippen molar-refractivity contribution in [2.45, 2.75) is 0 Å². The zero-order valence-corrected chi connectivity index (χ0v) is 7.75. The van der Waals surface area contributed by atoms with Gasteiger partial charge in [-0.15, -0.1) is 11.3 Å². The van der Waals surface area contributed by atoms with Gasteiger partial charge in [0.25, 0.3) is 0 Å². The molecule has 66 valence electrons. The summed E-state index contributed by atoms with van der Waals surface area (Å²) in [7, 11) is 0. The van der Waals surface area contributed by atoms with Crippen LogP contribution in [-0.2, 0) is 0 Å². The average molecular weight is 191 g/mol. The van der Waals surface area contributed by atoms with E-state index in [4.69, 9.17) is 4.42 Å².